The number of pyridine rings is 1. The lowest BCUT2D eigenvalue weighted by Crippen LogP contribution is -2.40. The number of ether oxygens (including phenoxy) is 1. The Kier molecular flexibility index (Phi) is 4.86. The SMILES string of the molecule is COCC(CO)NC(=O)c1cc(N)cnc1C. The van der Waals surface area contributed by atoms with Crippen molar-refractivity contribution in [3.63, 3.8) is 0 Å². The Labute approximate surface area is 99.8 Å². The zero-order valence-corrected chi connectivity index (χ0v) is 9.93. The van der Waals surface area contributed by atoms with Gasteiger partial charge in [0.1, 0.15) is 0 Å². The first-order valence-corrected chi connectivity index (χ1v) is 5.21. The van der Waals surface area contributed by atoms with Crippen LogP contribution >= 0.6 is 0 Å². The molecule has 0 aliphatic rings. The zero-order valence-electron chi connectivity index (χ0n) is 9.93. The van der Waals surface area contributed by atoms with Gasteiger partial charge in [-0.05, 0) is 13.0 Å². The number of anilines is 1. The number of aromatic nitrogens is 1. The normalized spacial score (nSPS) is 12.2. The maximum atomic E-state index is 11.9. The lowest BCUT2D eigenvalue weighted by molar-refractivity contribution is 0.0839. The number of hydrogen-bond acceptors (Lipinski definition) is 5. The van der Waals surface area contributed by atoms with E-state index < -0.39 is 6.04 Å². The number of aryl methyl sites for hydroxylation is 1. The highest BCUT2D eigenvalue weighted by atomic mass is 16.5. The van der Waals surface area contributed by atoms with Gasteiger partial charge in [0.2, 0.25) is 0 Å². The molecule has 0 saturated carbocycles. The number of carbonyl (C=O) groups is 1. The summed E-state index contributed by atoms with van der Waals surface area (Å²) in [5, 5.41) is 11.7. The van der Waals surface area contributed by atoms with Gasteiger partial charge in [-0.25, -0.2) is 0 Å². The molecule has 0 aliphatic carbocycles. The summed E-state index contributed by atoms with van der Waals surface area (Å²) < 4.78 is 4.87. The maximum absolute atomic E-state index is 11.9. The number of nitrogen functional groups attached to an aromatic ring is 1. The first-order valence-electron chi connectivity index (χ1n) is 5.21. The van der Waals surface area contributed by atoms with E-state index in [0.717, 1.165) is 0 Å². The molecule has 1 unspecified atom stereocenters. The van der Waals surface area contributed by atoms with Crippen LogP contribution in [0.1, 0.15) is 16.1 Å². The molecule has 6 nitrogen and oxygen atoms in total. The number of amides is 1. The van der Waals surface area contributed by atoms with Crippen molar-refractivity contribution >= 4 is 11.6 Å². The Morgan fingerprint density at radius 2 is 2.41 bits per heavy atom. The first kappa shape index (κ1) is 13.4. The number of methoxy groups -OCH3 is 1. The van der Waals surface area contributed by atoms with E-state index in [4.69, 9.17) is 15.6 Å². The number of aliphatic hydroxyl groups excluding tert-OH is 1. The Balaban J connectivity index is 2.78. The van der Waals surface area contributed by atoms with E-state index in [0.29, 0.717) is 16.9 Å². The van der Waals surface area contributed by atoms with Crippen LogP contribution in [0.2, 0.25) is 0 Å². The van der Waals surface area contributed by atoms with Gasteiger partial charge in [0.25, 0.3) is 5.91 Å². The molecular weight excluding hydrogens is 222 g/mol. The highest BCUT2D eigenvalue weighted by Crippen LogP contribution is 2.09. The standard InChI is InChI=1S/C11H17N3O3/c1-7-10(3-8(12)4-13-7)11(16)14-9(5-15)6-17-2/h3-4,9,15H,5-6,12H2,1-2H3,(H,14,16). The van der Waals surface area contributed by atoms with Gasteiger partial charge >= 0.3 is 0 Å². The van der Waals surface area contributed by atoms with Crippen molar-refractivity contribution < 1.29 is 14.6 Å². The van der Waals surface area contributed by atoms with E-state index in [1.54, 1.807) is 13.0 Å². The molecule has 0 aromatic carbocycles. The second kappa shape index (κ2) is 6.17. The summed E-state index contributed by atoms with van der Waals surface area (Å²) >= 11 is 0. The smallest absolute Gasteiger partial charge is 0.253 e. The van der Waals surface area contributed by atoms with Gasteiger partial charge in [0.15, 0.2) is 0 Å². The maximum Gasteiger partial charge on any atom is 0.253 e. The molecule has 0 aliphatic heterocycles. The number of hydrogen-bond donors (Lipinski definition) is 3. The molecule has 94 valence electrons. The quantitative estimate of drug-likeness (QED) is 0.656. The van der Waals surface area contributed by atoms with E-state index >= 15 is 0 Å². The van der Waals surface area contributed by atoms with Gasteiger partial charge in [-0.15, -0.1) is 0 Å². The van der Waals surface area contributed by atoms with Crippen molar-refractivity contribution in [1.29, 1.82) is 0 Å². The van der Waals surface area contributed by atoms with Gasteiger partial charge in [0, 0.05) is 7.11 Å². The number of nitrogens with two attached hydrogens (primary N) is 1. The average molecular weight is 239 g/mol. The van der Waals surface area contributed by atoms with Crippen LogP contribution in [0.15, 0.2) is 12.3 Å². The predicted molar refractivity (Wildman–Crippen MR) is 63.6 cm³/mol. The Morgan fingerprint density at radius 3 is 3.00 bits per heavy atom. The lowest BCUT2D eigenvalue weighted by atomic mass is 10.1. The van der Waals surface area contributed by atoms with Crippen molar-refractivity contribution in [2.45, 2.75) is 13.0 Å². The minimum Gasteiger partial charge on any atom is -0.397 e. The highest BCUT2D eigenvalue weighted by Gasteiger charge is 2.15. The third kappa shape index (κ3) is 3.69. The van der Waals surface area contributed by atoms with Gasteiger partial charge in [0.05, 0.1) is 42.4 Å². The predicted octanol–water partition coefficient (Wildman–Crippen LogP) is -0.291. The molecule has 0 bridgehead atoms. The second-order valence-corrected chi connectivity index (χ2v) is 3.71. The molecule has 0 spiro atoms. The number of aliphatic hydroxyl groups is 1. The molecule has 4 N–H and O–H groups in total. The van der Waals surface area contributed by atoms with E-state index in [1.807, 2.05) is 0 Å². The zero-order chi connectivity index (χ0) is 12.8. The van der Waals surface area contributed by atoms with Crippen molar-refractivity contribution in [3.05, 3.63) is 23.5 Å². The van der Waals surface area contributed by atoms with Crippen LogP contribution in [0.25, 0.3) is 0 Å². The number of nitrogens with zero attached hydrogens (tertiary/aromatic N) is 1. The summed E-state index contributed by atoms with van der Waals surface area (Å²) in [6, 6.07) is 1.12. The number of nitrogens with one attached hydrogen (secondary N) is 1. The summed E-state index contributed by atoms with van der Waals surface area (Å²) in [4.78, 5) is 15.9. The summed E-state index contributed by atoms with van der Waals surface area (Å²) in [6.07, 6.45) is 1.49. The third-order valence-electron chi connectivity index (χ3n) is 2.28. The van der Waals surface area contributed by atoms with Crippen LogP contribution in [-0.4, -0.2) is 42.4 Å². The first-order chi connectivity index (χ1) is 8.08. The average Bonchev–Trinajstić information content (AvgIpc) is 2.31. The van der Waals surface area contributed by atoms with Crippen LogP contribution in [0.3, 0.4) is 0 Å². The molecule has 0 fully saturated rings. The third-order valence-corrected chi connectivity index (χ3v) is 2.28. The Bertz CT molecular complexity index is 396. The molecule has 1 aromatic rings. The summed E-state index contributed by atoms with van der Waals surface area (Å²) in [7, 11) is 1.50. The van der Waals surface area contributed by atoms with E-state index in [-0.39, 0.29) is 19.1 Å². The summed E-state index contributed by atoms with van der Waals surface area (Å²) in [5.41, 5.74) is 6.99. The second-order valence-electron chi connectivity index (χ2n) is 3.71. The largest absolute Gasteiger partial charge is 0.397 e. The Morgan fingerprint density at radius 1 is 1.71 bits per heavy atom. The molecule has 1 aromatic heterocycles. The summed E-state index contributed by atoms with van der Waals surface area (Å²) in [5.74, 6) is -0.321. The molecule has 1 rings (SSSR count). The van der Waals surface area contributed by atoms with Crippen LogP contribution in [0.5, 0.6) is 0 Å². The van der Waals surface area contributed by atoms with Crippen molar-refractivity contribution in [2.24, 2.45) is 0 Å². The molecule has 17 heavy (non-hydrogen) atoms. The minimum absolute atomic E-state index is 0.186. The van der Waals surface area contributed by atoms with Crippen molar-refractivity contribution in [3.8, 4) is 0 Å². The van der Waals surface area contributed by atoms with Crippen LogP contribution in [0.4, 0.5) is 5.69 Å². The molecule has 0 saturated heterocycles. The van der Waals surface area contributed by atoms with Gasteiger partial charge in [-0.2, -0.15) is 0 Å². The molecule has 0 radical (unpaired) electrons. The fourth-order valence-corrected chi connectivity index (χ4v) is 1.38. The number of rotatable bonds is 5. The van der Waals surface area contributed by atoms with Gasteiger partial charge in [-0.3, -0.25) is 9.78 Å². The lowest BCUT2D eigenvalue weighted by Gasteiger charge is -2.15. The van der Waals surface area contributed by atoms with E-state index in [9.17, 15) is 4.79 Å². The van der Waals surface area contributed by atoms with E-state index in [1.165, 1.54) is 13.3 Å². The van der Waals surface area contributed by atoms with Crippen molar-refractivity contribution in [2.75, 3.05) is 26.1 Å². The highest BCUT2D eigenvalue weighted by molar-refractivity contribution is 5.96. The fourth-order valence-electron chi connectivity index (χ4n) is 1.38. The van der Waals surface area contributed by atoms with E-state index in [2.05, 4.69) is 10.3 Å². The summed E-state index contributed by atoms with van der Waals surface area (Å²) in [6.45, 7) is 1.78. The fraction of sp³-hybridized carbons (Fsp3) is 0.455. The van der Waals surface area contributed by atoms with Crippen LogP contribution in [-0.2, 0) is 4.74 Å². The number of carbonyl (C=O) groups excluding carboxylic acids is 1. The molecule has 6 heteroatoms. The van der Waals surface area contributed by atoms with Gasteiger partial charge < -0.3 is 20.9 Å². The topological polar surface area (TPSA) is 97.5 Å². The minimum atomic E-state index is -0.437. The monoisotopic (exact) mass is 239 g/mol. The van der Waals surface area contributed by atoms with Gasteiger partial charge in [-0.1, -0.05) is 0 Å². The van der Waals surface area contributed by atoms with Crippen LogP contribution in [0, 0.1) is 6.92 Å². The molecular formula is C11H17N3O3. The van der Waals surface area contributed by atoms with Crippen LogP contribution < -0.4 is 11.1 Å². The molecule has 1 heterocycles. The molecule has 1 atom stereocenters. The Hall–Kier alpha value is -1.66. The van der Waals surface area contributed by atoms with Crippen molar-refractivity contribution in [1.82, 2.24) is 10.3 Å². The molecule has 1 amide bonds.